The number of thiazole rings is 1. The van der Waals surface area contributed by atoms with Crippen LogP contribution in [0.1, 0.15) is 13.8 Å². The Bertz CT molecular complexity index is 595. The van der Waals surface area contributed by atoms with Crippen molar-refractivity contribution >= 4 is 44.9 Å². The number of anilines is 1. The average Bonchev–Trinajstić information content (AvgIpc) is 2.79. The third-order valence-corrected chi connectivity index (χ3v) is 5.02. The first-order valence-corrected chi connectivity index (χ1v) is 8.06. The van der Waals surface area contributed by atoms with Gasteiger partial charge in [0.05, 0.1) is 16.1 Å². The zero-order chi connectivity index (χ0) is 14.0. The lowest BCUT2D eigenvalue weighted by Crippen LogP contribution is -2.34. The number of rotatable bonds is 4. The van der Waals surface area contributed by atoms with E-state index in [1.165, 1.54) is 0 Å². The third-order valence-electron chi connectivity index (χ3n) is 3.01. The number of nitrogens with two attached hydrogens (primary N) is 1. The van der Waals surface area contributed by atoms with Gasteiger partial charge in [-0.2, -0.15) is 0 Å². The highest BCUT2D eigenvalue weighted by Crippen LogP contribution is 2.30. The van der Waals surface area contributed by atoms with Gasteiger partial charge in [0.2, 0.25) is 5.91 Å². The van der Waals surface area contributed by atoms with Gasteiger partial charge in [0.15, 0.2) is 4.34 Å². The molecule has 0 aliphatic rings. The first-order valence-electron chi connectivity index (χ1n) is 6.02. The molecule has 1 aromatic carbocycles. The average molecular weight is 295 g/mol. The number of carbonyl (C=O) groups excluding carboxylic acids is 1. The number of fused-ring (bicyclic) bond motifs is 1. The van der Waals surface area contributed by atoms with Crippen molar-refractivity contribution in [2.75, 3.05) is 11.6 Å². The van der Waals surface area contributed by atoms with Crippen LogP contribution in [0.2, 0.25) is 0 Å². The number of thioether (sulfide) groups is 1. The lowest BCUT2D eigenvalue weighted by atomic mass is 10.0. The zero-order valence-corrected chi connectivity index (χ0v) is 12.8. The summed E-state index contributed by atoms with van der Waals surface area (Å²) in [7, 11) is 0. The van der Waals surface area contributed by atoms with Gasteiger partial charge in [-0.25, -0.2) is 4.98 Å². The first kappa shape index (κ1) is 14.3. The van der Waals surface area contributed by atoms with Gasteiger partial charge in [0.1, 0.15) is 0 Å². The molecule has 19 heavy (non-hydrogen) atoms. The Hall–Kier alpha value is -1.11. The molecule has 0 saturated heterocycles. The van der Waals surface area contributed by atoms with Crippen molar-refractivity contribution in [3.8, 4) is 0 Å². The van der Waals surface area contributed by atoms with Crippen molar-refractivity contribution in [3.63, 3.8) is 0 Å². The molecule has 0 spiro atoms. The van der Waals surface area contributed by atoms with E-state index in [0.29, 0.717) is 0 Å². The fraction of sp³-hybridized carbons (Fsp3) is 0.385. The molecule has 1 aromatic heterocycles. The van der Waals surface area contributed by atoms with Gasteiger partial charge in [-0.3, -0.25) is 4.79 Å². The fourth-order valence-corrected chi connectivity index (χ4v) is 3.09. The molecule has 4 nitrogen and oxygen atoms in total. The van der Waals surface area contributed by atoms with Crippen molar-refractivity contribution in [1.29, 1.82) is 0 Å². The number of aromatic nitrogens is 1. The van der Waals surface area contributed by atoms with E-state index in [1.807, 2.05) is 38.3 Å². The van der Waals surface area contributed by atoms with E-state index in [-0.39, 0.29) is 17.9 Å². The summed E-state index contributed by atoms with van der Waals surface area (Å²) < 4.78 is 2.11. The SMILES string of the molecule is CSc1nc2ccc(NC(=O)C(C)C(C)N)cc2s1. The first-order chi connectivity index (χ1) is 9.01. The van der Waals surface area contributed by atoms with Gasteiger partial charge in [0, 0.05) is 11.7 Å². The Kier molecular flexibility index (Phi) is 4.44. The Morgan fingerprint density at radius 3 is 2.84 bits per heavy atom. The number of amides is 1. The summed E-state index contributed by atoms with van der Waals surface area (Å²) in [5.41, 5.74) is 7.49. The Morgan fingerprint density at radius 1 is 1.47 bits per heavy atom. The maximum absolute atomic E-state index is 11.9. The molecule has 3 N–H and O–H groups in total. The van der Waals surface area contributed by atoms with Crippen LogP contribution in [0.15, 0.2) is 22.5 Å². The van der Waals surface area contributed by atoms with Crippen LogP contribution in [0.25, 0.3) is 10.2 Å². The van der Waals surface area contributed by atoms with E-state index < -0.39 is 0 Å². The Morgan fingerprint density at radius 2 is 2.21 bits per heavy atom. The number of hydrogen-bond donors (Lipinski definition) is 2. The molecule has 2 rings (SSSR count). The number of carbonyl (C=O) groups is 1. The van der Waals surface area contributed by atoms with E-state index in [9.17, 15) is 4.79 Å². The molecule has 2 aromatic rings. The fourth-order valence-electron chi connectivity index (χ4n) is 1.56. The van der Waals surface area contributed by atoms with Crippen LogP contribution < -0.4 is 11.1 Å². The number of hydrogen-bond acceptors (Lipinski definition) is 5. The Balaban J connectivity index is 2.19. The molecule has 6 heteroatoms. The second-order valence-electron chi connectivity index (χ2n) is 4.50. The quantitative estimate of drug-likeness (QED) is 0.851. The molecule has 0 radical (unpaired) electrons. The summed E-state index contributed by atoms with van der Waals surface area (Å²) in [5, 5.41) is 2.90. The van der Waals surface area contributed by atoms with Gasteiger partial charge in [0.25, 0.3) is 0 Å². The van der Waals surface area contributed by atoms with E-state index in [4.69, 9.17) is 5.73 Å². The van der Waals surface area contributed by atoms with E-state index >= 15 is 0 Å². The summed E-state index contributed by atoms with van der Waals surface area (Å²) in [4.78, 5) is 16.4. The molecular weight excluding hydrogens is 278 g/mol. The smallest absolute Gasteiger partial charge is 0.228 e. The molecule has 0 bridgehead atoms. The minimum absolute atomic E-state index is 0.0519. The van der Waals surface area contributed by atoms with Crippen LogP contribution in [0.3, 0.4) is 0 Å². The normalized spacial score (nSPS) is 14.3. The van der Waals surface area contributed by atoms with Crippen molar-refractivity contribution in [1.82, 2.24) is 4.98 Å². The van der Waals surface area contributed by atoms with Crippen LogP contribution in [0, 0.1) is 5.92 Å². The highest BCUT2D eigenvalue weighted by atomic mass is 32.2. The molecule has 1 amide bonds. The predicted molar refractivity (Wildman–Crippen MR) is 82.8 cm³/mol. The number of benzene rings is 1. The highest BCUT2D eigenvalue weighted by molar-refractivity contribution is 8.00. The minimum Gasteiger partial charge on any atom is -0.327 e. The monoisotopic (exact) mass is 295 g/mol. The van der Waals surface area contributed by atoms with Crippen LogP contribution in [-0.2, 0) is 4.79 Å². The lowest BCUT2D eigenvalue weighted by molar-refractivity contribution is -0.119. The molecule has 0 aliphatic carbocycles. The van der Waals surface area contributed by atoms with Crippen molar-refractivity contribution < 1.29 is 4.79 Å². The molecule has 0 aliphatic heterocycles. The van der Waals surface area contributed by atoms with Crippen LogP contribution in [0.4, 0.5) is 5.69 Å². The van der Waals surface area contributed by atoms with Gasteiger partial charge in [-0.05, 0) is 31.4 Å². The van der Waals surface area contributed by atoms with Gasteiger partial charge in [-0.15, -0.1) is 11.3 Å². The van der Waals surface area contributed by atoms with Crippen LogP contribution in [-0.4, -0.2) is 23.2 Å². The van der Waals surface area contributed by atoms with Crippen molar-refractivity contribution in [3.05, 3.63) is 18.2 Å². The van der Waals surface area contributed by atoms with Crippen molar-refractivity contribution in [2.45, 2.75) is 24.2 Å². The van der Waals surface area contributed by atoms with E-state index in [1.54, 1.807) is 23.1 Å². The molecular formula is C13H17N3OS2. The Labute approximate surface area is 120 Å². The summed E-state index contributed by atoms with van der Waals surface area (Å²) in [5.74, 6) is -0.261. The lowest BCUT2D eigenvalue weighted by Gasteiger charge is -2.15. The molecule has 2 unspecified atom stereocenters. The van der Waals surface area contributed by atoms with Gasteiger partial charge >= 0.3 is 0 Å². The highest BCUT2D eigenvalue weighted by Gasteiger charge is 2.17. The van der Waals surface area contributed by atoms with Crippen LogP contribution >= 0.6 is 23.1 Å². The summed E-state index contributed by atoms with van der Waals surface area (Å²) in [6.45, 7) is 3.67. The number of nitrogens with one attached hydrogen (secondary N) is 1. The molecule has 0 fully saturated rings. The zero-order valence-electron chi connectivity index (χ0n) is 11.1. The molecule has 1 heterocycles. The standard InChI is InChI=1S/C13H17N3OS2/c1-7(8(2)14)12(17)15-9-4-5-10-11(6-9)19-13(16-10)18-3/h4-8H,14H2,1-3H3,(H,15,17). The third kappa shape index (κ3) is 3.26. The molecule has 0 saturated carbocycles. The van der Waals surface area contributed by atoms with E-state index in [0.717, 1.165) is 20.2 Å². The maximum atomic E-state index is 11.9. The van der Waals surface area contributed by atoms with Crippen molar-refractivity contribution in [2.24, 2.45) is 11.7 Å². The van der Waals surface area contributed by atoms with Crippen LogP contribution in [0.5, 0.6) is 0 Å². The maximum Gasteiger partial charge on any atom is 0.228 e. The largest absolute Gasteiger partial charge is 0.327 e. The summed E-state index contributed by atoms with van der Waals surface area (Å²) >= 11 is 3.26. The van der Waals surface area contributed by atoms with Gasteiger partial charge < -0.3 is 11.1 Å². The summed E-state index contributed by atoms with van der Waals surface area (Å²) in [6.07, 6.45) is 2.00. The molecule has 2 atom stereocenters. The minimum atomic E-state index is -0.209. The second-order valence-corrected chi connectivity index (χ2v) is 6.59. The number of nitrogens with zero attached hydrogens (tertiary/aromatic N) is 1. The second kappa shape index (κ2) is 5.90. The topological polar surface area (TPSA) is 68.0 Å². The van der Waals surface area contributed by atoms with E-state index in [2.05, 4.69) is 10.3 Å². The summed E-state index contributed by atoms with van der Waals surface area (Å²) in [6, 6.07) is 5.60. The predicted octanol–water partition coefficient (Wildman–Crippen LogP) is 2.94. The molecule has 102 valence electrons. The van der Waals surface area contributed by atoms with Gasteiger partial charge in [-0.1, -0.05) is 18.7 Å².